The van der Waals surface area contributed by atoms with E-state index in [9.17, 15) is 9.59 Å². The van der Waals surface area contributed by atoms with E-state index >= 15 is 0 Å². The van der Waals surface area contributed by atoms with Gasteiger partial charge in [-0.25, -0.2) is 9.78 Å². The fourth-order valence-electron chi connectivity index (χ4n) is 3.36. The summed E-state index contributed by atoms with van der Waals surface area (Å²) in [5.41, 5.74) is 2.68. The van der Waals surface area contributed by atoms with Crippen LogP contribution in [0.25, 0.3) is 11.3 Å². The number of hydrogen-bond donors (Lipinski definition) is 1. The number of thiazole rings is 1. The van der Waals surface area contributed by atoms with Crippen LogP contribution in [0.2, 0.25) is 0 Å². The summed E-state index contributed by atoms with van der Waals surface area (Å²) < 4.78 is 5.43. The van der Waals surface area contributed by atoms with Gasteiger partial charge in [-0.2, -0.15) is 0 Å². The number of aryl methyl sites for hydroxylation is 1. The van der Waals surface area contributed by atoms with Crippen molar-refractivity contribution in [2.24, 2.45) is 0 Å². The molecule has 1 saturated heterocycles. The maximum atomic E-state index is 12.6. The van der Waals surface area contributed by atoms with Gasteiger partial charge < -0.3 is 10.1 Å². The number of nitrogens with one attached hydrogen (secondary N) is 1. The lowest BCUT2D eigenvalue weighted by molar-refractivity contribution is -0.125. The van der Waals surface area contributed by atoms with Crippen LogP contribution in [0.4, 0.5) is 4.79 Å². The van der Waals surface area contributed by atoms with E-state index in [1.165, 1.54) is 0 Å². The molecule has 1 aliphatic heterocycles. The number of carbonyl (C=O) groups is 2. The molecule has 1 aliphatic rings. The molecule has 1 unspecified atom stereocenters. The molecular weight excluding hydrogens is 386 g/mol. The topological polar surface area (TPSA) is 71.5 Å². The Hall–Kier alpha value is -2.41. The fraction of sp³-hybridized carbons (Fsp3) is 0.500. The van der Waals surface area contributed by atoms with Crippen LogP contribution in [-0.2, 0) is 16.0 Å². The number of hydrogen-bond acceptors (Lipinski definition) is 5. The third-order valence-corrected chi connectivity index (χ3v) is 5.54. The van der Waals surface area contributed by atoms with Gasteiger partial charge in [0.15, 0.2) is 0 Å². The molecular formula is C22H29N3O3S. The number of likely N-dealkylation sites (tertiary alicyclic amines) is 1. The van der Waals surface area contributed by atoms with Crippen molar-refractivity contribution in [3.8, 4) is 11.3 Å². The highest BCUT2D eigenvalue weighted by molar-refractivity contribution is 7.09. The first-order valence-corrected chi connectivity index (χ1v) is 10.9. The van der Waals surface area contributed by atoms with Crippen molar-refractivity contribution in [1.82, 2.24) is 15.2 Å². The number of ether oxygens (including phenoxy) is 1. The Morgan fingerprint density at radius 1 is 1.28 bits per heavy atom. The maximum Gasteiger partial charge on any atom is 0.410 e. The molecule has 1 aromatic heterocycles. The molecule has 6 nitrogen and oxygen atoms in total. The van der Waals surface area contributed by atoms with E-state index in [0.29, 0.717) is 19.5 Å². The summed E-state index contributed by atoms with van der Waals surface area (Å²) in [4.78, 5) is 31.0. The summed E-state index contributed by atoms with van der Waals surface area (Å²) in [5, 5.41) is 6.08. The fourth-order valence-corrected chi connectivity index (χ4v) is 3.99. The molecule has 29 heavy (non-hydrogen) atoms. The number of benzene rings is 1. The molecule has 0 aliphatic carbocycles. The second-order valence-corrected chi connectivity index (χ2v) is 9.38. The summed E-state index contributed by atoms with van der Waals surface area (Å²) in [7, 11) is 0. The number of nitrogens with zero attached hydrogens (tertiary/aromatic N) is 2. The van der Waals surface area contributed by atoms with E-state index in [-0.39, 0.29) is 5.91 Å². The van der Waals surface area contributed by atoms with E-state index in [1.54, 1.807) is 16.2 Å². The third kappa shape index (κ3) is 5.79. The number of carbonyl (C=O) groups excluding carboxylic acids is 2. The summed E-state index contributed by atoms with van der Waals surface area (Å²) in [6, 6.07) is 7.82. The monoisotopic (exact) mass is 415 g/mol. The quantitative estimate of drug-likeness (QED) is 0.795. The van der Waals surface area contributed by atoms with Gasteiger partial charge in [0.1, 0.15) is 11.6 Å². The Labute approximate surface area is 176 Å². The van der Waals surface area contributed by atoms with Crippen molar-refractivity contribution < 1.29 is 14.3 Å². The molecule has 2 amide bonds. The molecule has 1 aromatic carbocycles. The van der Waals surface area contributed by atoms with Crippen LogP contribution >= 0.6 is 11.3 Å². The maximum absolute atomic E-state index is 12.6. The number of aromatic nitrogens is 1. The Kier molecular flexibility index (Phi) is 6.57. The second kappa shape index (κ2) is 8.95. The van der Waals surface area contributed by atoms with Gasteiger partial charge in [-0.1, -0.05) is 24.3 Å². The summed E-state index contributed by atoms with van der Waals surface area (Å²) >= 11 is 1.64. The molecule has 156 valence electrons. The Balaban J connectivity index is 1.49. The zero-order chi connectivity index (χ0) is 21.0. The second-order valence-electron chi connectivity index (χ2n) is 8.32. The molecule has 1 atom stereocenters. The number of rotatable bonds is 5. The van der Waals surface area contributed by atoms with Crippen molar-refractivity contribution in [3.05, 3.63) is 40.2 Å². The van der Waals surface area contributed by atoms with E-state index in [2.05, 4.69) is 39.9 Å². The van der Waals surface area contributed by atoms with Gasteiger partial charge in [-0.3, -0.25) is 9.69 Å². The average Bonchev–Trinajstić information content (AvgIpc) is 3.30. The van der Waals surface area contributed by atoms with Crippen LogP contribution in [0.15, 0.2) is 29.6 Å². The Morgan fingerprint density at radius 2 is 2.00 bits per heavy atom. The third-order valence-electron chi connectivity index (χ3n) is 4.77. The number of amides is 2. The van der Waals surface area contributed by atoms with Crippen LogP contribution in [-0.4, -0.2) is 46.6 Å². The first-order valence-electron chi connectivity index (χ1n) is 10.0. The molecule has 7 heteroatoms. The van der Waals surface area contributed by atoms with Crippen LogP contribution < -0.4 is 5.32 Å². The smallest absolute Gasteiger partial charge is 0.410 e. The van der Waals surface area contributed by atoms with E-state index in [1.807, 2.05) is 27.7 Å². The minimum Gasteiger partial charge on any atom is -0.444 e. The molecule has 0 spiro atoms. The van der Waals surface area contributed by atoms with Gasteiger partial charge in [0, 0.05) is 24.0 Å². The van der Waals surface area contributed by atoms with Crippen LogP contribution in [0.3, 0.4) is 0 Å². The van der Waals surface area contributed by atoms with Gasteiger partial charge in [0.2, 0.25) is 5.91 Å². The SMILES string of the molecule is Cc1nc(-c2ccc(CCNC(=O)C3CCCN3C(=O)OC(C)(C)C)cc2)cs1. The highest BCUT2D eigenvalue weighted by atomic mass is 32.1. The van der Waals surface area contributed by atoms with Gasteiger partial charge >= 0.3 is 6.09 Å². The zero-order valence-corrected chi connectivity index (χ0v) is 18.3. The molecule has 1 fully saturated rings. The van der Waals surface area contributed by atoms with Crippen LogP contribution in [0, 0.1) is 6.92 Å². The largest absolute Gasteiger partial charge is 0.444 e. The first-order chi connectivity index (χ1) is 13.7. The summed E-state index contributed by atoms with van der Waals surface area (Å²) in [6.45, 7) is 8.58. The average molecular weight is 416 g/mol. The lowest BCUT2D eigenvalue weighted by atomic mass is 10.1. The van der Waals surface area contributed by atoms with Gasteiger partial charge in [-0.15, -0.1) is 11.3 Å². The van der Waals surface area contributed by atoms with Gasteiger partial charge in [0.25, 0.3) is 0 Å². The molecule has 2 aromatic rings. The summed E-state index contributed by atoms with van der Waals surface area (Å²) in [5.74, 6) is -0.108. The van der Waals surface area contributed by atoms with Crippen molar-refractivity contribution in [2.45, 2.75) is 58.6 Å². The zero-order valence-electron chi connectivity index (χ0n) is 17.5. The summed E-state index contributed by atoms with van der Waals surface area (Å²) in [6.07, 6.45) is 1.81. The highest BCUT2D eigenvalue weighted by Gasteiger charge is 2.36. The standard InChI is InChI=1S/C22H29N3O3S/c1-15-24-18(14-29-15)17-9-7-16(8-10-17)11-12-23-20(26)19-6-5-13-25(19)21(27)28-22(2,3)4/h7-10,14,19H,5-6,11-13H2,1-4H3,(H,23,26). The molecule has 2 heterocycles. The molecule has 1 N–H and O–H groups in total. The lowest BCUT2D eigenvalue weighted by Gasteiger charge is -2.28. The van der Waals surface area contributed by atoms with Crippen molar-refractivity contribution >= 4 is 23.3 Å². The molecule has 0 radical (unpaired) electrons. The molecule has 3 rings (SSSR count). The minimum absolute atomic E-state index is 0.108. The predicted molar refractivity (Wildman–Crippen MR) is 115 cm³/mol. The Bertz CT molecular complexity index is 855. The van der Waals surface area contributed by atoms with Crippen molar-refractivity contribution in [2.75, 3.05) is 13.1 Å². The highest BCUT2D eigenvalue weighted by Crippen LogP contribution is 2.22. The predicted octanol–water partition coefficient (Wildman–Crippen LogP) is 4.18. The lowest BCUT2D eigenvalue weighted by Crippen LogP contribution is -2.47. The normalized spacial score (nSPS) is 16.7. The molecule has 0 saturated carbocycles. The molecule has 0 bridgehead atoms. The van der Waals surface area contributed by atoms with Crippen molar-refractivity contribution in [3.63, 3.8) is 0 Å². The van der Waals surface area contributed by atoms with Crippen molar-refractivity contribution in [1.29, 1.82) is 0 Å². The minimum atomic E-state index is -0.565. The van der Waals surface area contributed by atoms with E-state index in [4.69, 9.17) is 4.74 Å². The Morgan fingerprint density at radius 3 is 2.62 bits per heavy atom. The van der Waals surface area contributed by atoms with E-state index in [0.717, 1.165) is 34.7 Å². The van der Waals surface area contributed by atoms with Gasteiger partial charge in [0.05, 0.1) is 10.7 Å². The van der Waals surface area contributed by atoms with Gasteiger partial charge in [-0.05, 0) is 52.5 Å². The first kappa shape index (κ1) is 21.3. The van der Waals surface area contributed by atoms with E-state index < -0.39 is 17.7 Å². The van der Waals surface area contributed by atoms with Crippen LogP contribution in [0.5, 0.6) is 0 Å². The van der Waals surface area contributed by atoms with Crippen LogP contribution in [0.1, 0.15) is 44.2 Å².